The minimum atomic E-state index is 1.20. The first-order chi connectivity index (χ1) is 29.8. The van der Waals surface area contributed by atoms with Crippen LogP contribution in [0, 0.1) is 0 Å². The maximum atomic E-state index is 2.35. The second-order valence-corrected chi connectivity index (χ2v) is 16.0. The van der Waals surface area contributed by atoms with Gasteiger partial charge >= 0.3 is 0 Å². The minimum Gasteiger partial charge on any atom is -0.0616 e. The van der Waals surface area contributed by atoms with E-state index in [9.17, 15) is 0 Å². The number of rotatable bonds is 5. The van der Waals surface area contributed by atoms with Crippen LogP contribution < -0.4 is 0 Å². The zero-order valence-corrected chi connectivity index (χ0v) is 32.9. The molecule has 60 heavy (non-hydrogen) atoms. The van der Waals surface area contributed by atoms with E-state index in [1.807, 2.05) is 0 Å². The lowest BCUT2D eigenvalue weighted by Gasteiger charge is -2.19. The topological polar surface area (TPSA) is 0 Å². The normalized spacial score (nSPS) is 11.7. The molecular weight excluding hydrogens is 721 g/mol. The summed E-state index contributed by atoms with van der Waals surface area (Å²) in [7, 11) is 0. The fourth-order valence-electron chi connectivity index (χ4n) is 9.82. The van der Waals surface area contributed by atoms with Gasteiger partial charge in [-0.15, -0.1) is 0 Å². The van der Waals surface area contributed by atoms with Gasteiger partial charge in [-0.3, -0.25) is 0 Å². The Morgan fingerprint density at radius 2 is 0.417 bits per heavy atom. The molecule has 0 heteroatoms. The van der Waals surface area contributed by atoms with Crippen molar-refractivity contribution in [1.82, 2.24) is 0 Å². The summed E-state index contributed by atoms with van der Waals surface area (Å²) in [6.45, 7) is 0. The van der Waals surface area contributed by atoms with Crippen LogP contribution in [0.4, 0.5) is 0 Å². The van der Waals surface area contributed by atoms with Crippen molar-refractivity contribution in [2.75, 3.05) is 0 Å². The van der Waals surface area contributed by atoms with E-state index in [1.54, 1.807) is 0 Å². The van der Waals surface area contributed by atoms with Crippen molar-refractivity contribution in [2.24, 2.45) is 0 Å². The monoisotopic (exact) mass is 758 g/mol. The van der Waals surface area contributed by atoms with Gasteiger partial charge < -0.3 is 0 Å². The quantitative estimate of drug-likeness (QED) is 0.153. The third kappa shape index (κ3) is 5.53. The largest absolute Gasteiger partial charge is 0.0616 e. The van der Waals surface area contributed by atoms with Gasteiger partial charge in [0.1, 0.15) is 0 Å². The summed E-state index contributed by atoms with van der Waals surface area (Å²) < 4.78 is 0. The summed E-state index contributed by atoms with van der Waals surface area (Å²) >= 11 is 0. The molecular formula is C60H38. The fourth-order valence-corrected chi connectivity index (χ4v) is 9.82. The average molecular weight is 759 g/mol. The molecule has 0 spiro atoms. The molecule has 0 aromatic heterocycles. The fraction of sp³-hybridized carbons (Fsp3) is 0. The molecule has 0 aliphatic heterocycles. The van der Waals surface area contributed by atoms with Crippen LogP contribution in [0.15, 0.2) is 231 Å². The van der Waals surface area contributed by atoms with E-state index in [1.165, 1.54) is 120 Å². The van der Waals surface area contributed by atoms with Crippen molar-refractivity contribution < 1.29 is 0 Å². The lowest BCUT2D eigenvalue weighted by atomic mass is 9.84. The zero-order chi connectivity index (χ0) is 39.6. The summed E-state index contributed by atoms with van der Waals surface area (Å²) in [4.78, 5) is 0. The van der Waals surface area contributed by atoms with Crippen molar-refractivity contribution >= 4 is 64.6 Å². The van der Waals surface area contributed by atoms with Gasteiger partial charge in [-0.1, -0.05) is 218 Å². The predicted octanol–water partition coefficient (Wildman–Crippen LogP) is 16.9. The molecule has 0 N–H and O–H groups in total. The Kier molecular flexibility index (Phi) is 7.96. The molecule has 0 unspecified atom stereocenters. The van der Waals surface area contributed by atoms with Crippen LogP contribution in [0.5, 0.6) is 0 Å². The highest BCUT2D eigenvalue weighted by molar-refractivity contribution is 6.22. The maximum Gasteiger partial charge on any atom is -0.00203 e. The Morgan fingerprint density at radius 3 is 0.783 bits per heavy atom. The standard InChI is InChI=1S/C60H38/c1-3-15-47-45(13-1)37-57(53-21-7-5-17-49(47)53)41-29-25-39(26-30-41)40-27-33-43(34-28-40)59-55-23-11-9-19-51(55)52-20-10-12-24-56(52)60(59)44-35-31-42(32-36-44)58-38-46-14-2-4-16-48(46)50-18-6-8-22-54(50)58/h1-38H. The SMILES string of the molecule is c1ccc2c(c1)cc(-c1ccc(-c3ccc(-c4c(-c5ccc(-c6cc7ccccc7c7ccccc67)cc5)c5ccccc5c5ccccc45)cc3)cc1)c1ccccc12. The molecule has 0 aliphatic carbocycles. The van der Waals surface area contributed by atoms with E-state index < -0.39 is 0 Å². The minimum absolute atomic E-state index is 1.20. The Morgan fingerprint density at radius 1 is 0.167 bits per heavy atom. The smallest absolute Gasteiger partial charge is 0.00203 e. The van der Waals surface area contributed by atoms with Gasteiger partial charge in [-0.25, -0.2) is 0 Å². The second-order valence-electron chi connectivity index (χ2n) is 16.0. The molecule has 278 valence electrons. The lowest BCUT2D eigenvalue weighted by Crippen LogP contribution is -1.92. The van der Waals surface area contributed by atoms with Crippen molar-refractivity contribution in [2.45, 2.75) is 0 Å². The van der Waals surface area contributed by atoms with Crippen molar-refractivity contribution in [1.29, 1.82) is 0 Å². The molecule has 0 bridgehead atoms. The van der Waals surface area contributed by atoms with Gasteiger partial charge in [0.25, 0.3) is 0 Å². The van der Waals surface area contributed by atoms with Crippen LogP contribution in [0.2, 0.25) is 0 Å². The van der Waals surface area contributed by atoms with E-state index in [0.717, 1.165) is 0 Å². The number of hydrogen-bond donors (Lipinski definition) is 0. The van der Waals surface area contributed by atoms with Gasteiger partial charge in [-0.05, 0) is 132 Å². The predicted molar refractivity (Wildman–Crippen MR) is 259 cm³/mol. The first kappa shape index (κ1) is 34.3. The zero-order valence-electron chi connectivity index (χ0n) is 32.9. The van der Waals surface area contributed by atoms with Crippen LogP contribution in [0.3, 0.4) is 0 Å². The van der Waals surface area contributed by atoms with Crippen molar-refractivity contribution in [3.63, 3.8) is 0 Å². The molecule has 12 aromatic rings. The summed E-state index contributed by atoms with van der Waals surface area (Å²) in [5, 5.41) is 15.3. The van der Waals surface area contributed by atoms with E-state index in [0.29, 0.717) is 0 Å². The Bertz CT molecular complexity index is 3610. The lowest BCUT2D eigenvalue weighted by molar-refractivity contribution is 1.59. The molecule has 0 atom stereocenters. The molecule has 0 fully saturated rings. The Labute approximate surface area is 349 Å². The molecule has 12 rings (SSSR count). The van der Waals surface area contributed by atoms with Crippen LogP contribution in [-0.4, -0.2) is 0 Å². The van der Waals surface area contributed by atoms with Crippen molar-refractivity contribution in [3.8, 4) is 55.6 Å². The first-order valence-electron chi connectivity index (χ1n) is 20.8. The number of benzene rings is 12. The van der Waals surface area contributed by atoms with E-state index in [4.69, 9.17) is 0 Å². The van der Waals surface area contributed by atoms with Gasteiger partial charge in [0.15, 0.2) is 0 Å². The average Bonchev–Trinajstić information content (AvgIpc) is 3.33. The van der Waals surface area contributed by atoms with Crippen LogP contribution in [-0.2, 0) is 0 Å². The second kappa shape index (κ2) is 13.9. The highest BCUT2D eigenvalue weighted by atomic mass is 14.2. The van der Waals surface area contributed by atoms with E-state index in [-0.39, 0.29) is 0 Å². The highest BCUT2D eigenvalue weighted by Crippen LogP contribution is 2.46. The molecule has 0 aliphatic rings. The molecule has 0 heterocycles. The van der Waals surface area contributed by atoms with Gasteiger partial charge in [0, 0.05) is 0 Å². The van der Waals surface area contributed by atoms with Crippen LogP contribution in [0.1, 0.15) is 0 Å². The van der Waals surface area contributed by atoms with Crippen LogP contribution in [0.25, 0.3) is 120 Å². The molecule has 0 nitrogen and oxygen atoms in total. The van der Waals surface area contributed by atoms with Gasteiger partial charge in [0.05, 0.1) is 0 Å². The Balaban J connectivity index is 0.963. The summed E-state index contributed by atoms with van der Waals surface area (Å²) in [6, 6.07) is 85.0. The first-order valence-corrected chi connectivity index (χ1v) is 20.8. The highest BCUT2D eigenvalue weighted by Gasteiger charge is 2.18. The molecule has 0 saturated heterocycles. The Hall–Kier alpha value is -7.80. The summed E-state index contributed by atoms with van der Waals surface area (Å²) in [5.74, 6) is 0. The third-order valence-electron chi connectivity index (χ3n) is 12.7. The summed E-state index contributed by atoms with van der Waals surface area (Å²) in [6.07, 6.45) is 0. The molecule has 0 amide bonds. The van der Waals surface area contributed by atoms with Gasteiger partial charge in [0.2, 0.25) is 0 Å². The number of hydrogen-bond acceptors (Lipinski definition) is 0. The third-order valence-corrected chi connectivity index (χ3v) is 12.7. The maximum absolute atomic E-state index is 2.35. The van der Waals surface area contributed by atoms with Gasteiger partial charge in [-0.2, -0.15) is 0 Å². The van der Waals surface area contributed by atoms with E-state index >= 15 is 0 Å². The van der Waals surface area contributed by atoms with E-state index in [2.05, 4.69) is 231 Å². The molecule has 0 radical (unpaired) electrons. The molecule has 12 aromatic carbocycles. The van der Waals surface area contributed by atoms with Crippen LogP contribution >= 0.6 is 0 Å². The number of fused-ring (bicyclic) bond motifs is 9. The van der Waals surface area contributed by atoms with Crippen molar-refractivity contribution in [3.05, 3.63) is 231 Å². The molecule has 0 saturated carbocycles. The summed E-state index contributed by atoms with van der Waals surface area (Å²) in [5.41, 5.74) is 12.3.